The fraction of sp³-hybridized carbons (Fsp3) is 0.545. The molecule has 8 heteroatoms. The Balaban J connectivity index is 2.25. The second-order valence-corrected chi connectivity index (χ2v) is 8.42. The maximum absolute atomic E-state index is 12.5. The fourth-order valence-electron chi connectivity index (χ4n) is 2.09. The van der Waals surface area contributed by atoms with Gasteiger partial charge in [0.1, 0.15) is 10.7 Å². The van der Waals surface area contributed by atoms with Crippen LogP contribution in [-0.2, 0) is 10.0 Å². The van der Waals surface area contributed by atoms with E-state index in [1.165, 1.54) is 16.6 Å². The lowest BCUT2D eigenvalue weighted by molar-refractivity contribution is 0.404. The lowest BCUT2D eigenvalue weighted by Gasteiger charge is -2.33. The summed E-state index contributed by atoms with van der Waals surface area (Å²) in [5, 5.41) is 0.605. The Morgan fingerprint density at radius 1 is 1.37 bits per heavy atom. The van der Waals surface area contributed by atoms with E-state index >= 15 is 0 Å². The van der Waals surface area contributed by atoms with Crippen molar-refractivity contribution >= 4 is 27.6 Å². The summed E-state index contributed by atoms with van der Waals surface area (Å²) in [7, 11) is -3.46. The van der Waals surface area contributed by atoms with Crippen molar-refractivity contribution in [3.8, 4) is 0 Å². The van der Waals surface area contributed by atoms with E-state index in [-0.39, 0.29) is 4.90 Å². The van der Waals surface area contributed by atoms with Gasteiger partial charge in [0, 0.05) is 29.8 Å². The smallest absolute Gasteiger partial charge is 0.244 e. The predicted octanol–water partition coefficient (Wildman–Crippen LogP) is 0.882. The maximum atomic E-state index is 12.5. The summed E-state index contributed by atoms with van der Waals surface area (Å²) in [6.07, 6.45) is 1.33. The van der Waals surface area contributed by atoms with E-state index in [0.717, 1.165) is 0 Å². The third-order valence-corrected chi connectivity index (χ3v) is 5.95. The SMILES string of the molecule is CC1CN(S(=O)(=O)c2ccc(NN)nc2)CC(C)S1. The first-order chi connectivity index (χ1) is 8.93. The highest BCUT2D eigenvalue weighted by Crippen LogP contribution is 2.28. The number of nitrogen functional groups attached to an aromatic ring is 1. The summed E-state index contributed by atoms with van der Waals surface area (Å²) in [5.41, 5.74) is 2.38. The van der Waals surface area contributed by atoms with Gasteiger partial charge in [-0.05, 0) is 12.1 Å². The molecule has 2 heterocycles. The Morgan fingerprint density at radius 2 is 2.00 bits per heavy atom. The molecule has 1 aliphatic heterocycles. The van der Waals surface area contributed by atoms with Gasteiger partial charge in [-0.3, -0.25) is 0 Å². The molecular formula is C11H18N4O2S2. The van der Waals surface area contributed by atoms with Crippen molar-refractivity contribution in [1.29, 1.82) is 0 Å². The van der Waals surface area contributed by atoms with Gasteiger partial charge < -0.3 is 5.43 Å². The molecule has 0 saturated carbocycles. The Hall–Kier alpha value is -0.830. The lowest BCUT2D eigenvalue weighted by atomic mass is 10.4. The molecule has 0 aromatic carbocycles. The molecule has 0 amide bonds. The quantitative estimate of drug-likeness (QED) is 0.636. The minimum absolute atomic E-state index is 0.206. The molecule has 0 bridgehead atoms. The van der Waals surface area contributed by atoms with Gasteiger partial charge in [-0.2, -0.15) is 16.1 Å². The van der Waals surface area contributed by atoms with Crippen molar-refractivity contribution in [2.24, 2.45) is 5.84 Å². The Bertz CT molecular complexity index is 522. The van der Waals surface area contributed by atoms with Gasteiger partial charge >= 0.3 is 0 Å². The molecule has 2 atom stereocenters. The van der Waals surface area contributed by atoms with E-state index in [2.05, 4.69) is 10.4 Å². The number of rotatable bonds is 3. The number of anilines is 1. The van der Waals surface area contributed by atoms with Crippen LogP contribution in [0.15, 0.2) is 23.2 Å². The topological polar surface area (TPSA) is 88.3 Å². The van der Waals surface area contributed by atoms with Crippen LogP contribution in [0.1, 0.15) is 13.8 Å². The Morgan fingerprint density at radius 3 is 2.47 bits per heavy atom. The number of thioether (sulfide) groups is 1. The van der Waals surface area contributed by atoms with Crippen LogP contribution in [0, 0.1) is 0 Å². The minimum atomic E-state index is -3.46. The van der Waals surface area contributed by atoms with Crippen LogP contribution >= 0.6 is 11.8 Å². The van der Waals surface area contributed by atoms with Gasteiger partial charge in [-0.25, -0.2) is 19.2 Å². The summed E-state index contributed by atoms with van der Waals surface area (Å²) in [5.74, 6) is 5.65. The van der Waals surface area contributed by atoms with Crippen molar-refractivity contribution in [2.75, 3.05) is 18.5 Å². The molecule has 1 fully saturated rings. The van der Waals surface area contributed by atoms with Gasteiger partial charge in [-0.1, -0.05) is 13.8 Å². The summed E-state index contributed by atoms with van der Waals surface area (Å²) >= 11 is 1.81. The van der Waals surface area contributed by atoms with Crippen molar-refractivity contribution in [3.63, 3.8) is 0 Å². The molecule has 19 heavy (non-hydrogen) atoms. The molecular weight excluding hydrogens is 284 g/mol. The molecule has 2 rings (SSSR count). The largest absolute Gasteiger partial charge is 0.308 e. The first kappa shape index (κ1) is 14.6. The number of nitrogens with one attached hydrogen (secondary N) is 1. The third kappa shape index (κ3) is 3.19. The molecule has 106 valence electrons. The average molecular weight is 302 g/mol. The molecule has 1 saturated heterocycles. The van der Waals surface area contributed by atoms with Gasteiger partial charge in [0.25, 0.3) is 0 Å². The lowest BCUT2D eigenvalue weighted by Crippen LogP contribution is -2.43. The number of nitrogens with two attached hydrogens (primary N) is 1. The Labute approximate surface area is 117 Å². The fourth-order valence-corrected chi connectivity index (χ4v) is 5.17. The number of sulfonamides is 1. The maximum Gasteiger partial charge on any atom is 0.244 e. The zero-order valence-electron chi connectivity index (χ0n) is 10.9. The van der Waals surface area contributed by atoms with E-state index in [9.17, 15) is 8.42 Å². The number of hydrogen-bond donors (Lipinski definition) is 2. The van der Waals surface area contributed by atoms with Crippen LogP contribution in [0.4, 0.5) is 5.82 Å². The normalized spacial score (nSPS) is 25.2. The number of pyridine rings is 1. The molecule has 1 aromatic heterocycles. The number of hydrazine groups is 1. The molecule has 0 radical (unpaired) electrons. The molecule has 1 aromatic rings. The van der Waals surface area contributed by atoms with E-state index in [0.29, 0.717) is 29.4 Å². The molecule has 0 spiro atoms. The van der Waals surface area contributed by atoms with E-state index in [1.54, 1.807) is 6.07 Å². The third-order valence-electron chi connectivity index (χ3n) is 2.91. The van der Waals surface area contributed by atoms with Gasteiger partial charge in [0.15, 0.2) is 0 Å². The summed E-state index contributed by atoms with van der Waals surface area (Å²) in [6, 6.07) is 3.08. The number of hydrogen-bond acceptors (Lipinski definition) is 6. The second-order valence-electron chi connectivity index (χ2n) is 4.60. The van der Waals surface area contributed by atoms with Crippen LogP contribution < -0.4 is 11.3 Å². The number of aromatic nitrogens is 1. The van der Waals surface area contributed by atoms with Gasteiger partial charge in [-0.15, -0.1) is 0 Å². The zero-order valence-corrected chi connectivity index (χ0v) is 12.5. The second kappa shape index (κ2) is 5.66. The Kier molecular flexibility index (Phi) is 4.34. The van der Waals surface area contributed by atoms with Crippen LogP contribution in [0.2, 0.25) is 0 Å². The first-order valence-corrected chi connectivity index (χ1v) is 8.40. The molecule has 1 aliphatic rings. The molecule has 3 N–H and O–H groups in total. The first-order valence-electron chi connectivity index (χ1n) is 6.01. The zero-order chi connectivity index (χ0) is 14.0. The van der Waals surface area contributed by atoms with Crippen molar-refractivity contribution < 1.29 is 8.42 Å². The van der Waals surface area contributed by atoms with Gasteiger partial charge in [0.05, 0.1) is 0 Å². The summed E-state index contributed by atoms with van der Waals surface area (Å²) in [6.45, 7) is 5.16. The highest BCUT2D eigenvalue weighted by Gasteiger charge is 2.32. The molecule has 2 unspecified atom stereocenters. The minimum Gasteiger partial charge on any atom is -0.308 e. The highest BCUT2D eigenvalue weighted by molar-refractivity contribution is 8.00. The van der Waals surface area contributed by atoms with Crippen LogP contribution in [0.25, 0.3) is 0 Å². The van der Waals surface area contributed by atoms with Crippen LogP contribution in [0.3, 0.4) is 0 Å². The highest BCUT2D eigenvalue weighted by atomic mass is 32.2. The van der Waals surface area contributed by atoms with E-state index < -0.39 is 10.0 Å². The number of nitrogens with zero attached hydrogens (tertiary/aromatic N) is 2. The predicted molar refractivity (Wildman–Crippen MR) is 77.3 cm³/mol. The van der Waals surface area contributed by atoms with Crippen molar-refractivity contribution in [1.82, 2.24) is 9.29 Å². The van der Waals surface area contributed by atoms with E-state index in [4.69, 9.17) is 5.84 Å². The van der Waals surface area contributed by atoms with Crippen molar-refractivity contribution in [3.05, 3.63) is 18.3 Å². The van der Waals surface area contributed by atoms with E-state index in [1.807, 2.05) is 25.6 Å². The summed E-state index contributed by atoms with van der Waals surface area (Å²) < 4.78 is 26.5. The molecule has 6 nitrogen and oxygen atoms in total. The summed E-state index contributed by atoms with van der Waals surface area (Å²) in [4.78, 5) is 4.16. The average Bonchev–Trinajstić information content (AvgIpc) is 2.37. The monoisotopic (exact) mass is 302 g/mol. The standard InChI is InChI=1S/C11H18N4O2S2/c1-8-6-15(7-9(2)18-8)19(16,17)10-3-4-11(14-12)13-5-10/h3-5,8-9H,6-7,12H2,1-2H3,(H,13,14). The van der Waals surface area contributed by atoms with Gasteiger partial charge in [0.2, 0.25) is 10.0 Å². The van der Waals surface area contributed by atoms with Crippen LogP contribution in [-0.4, -0.2) is 41.3 Å². The van der Waals surface area contributed by atoms with Crippen molar-refractivity contribution in [2.45, 2.75) is 29.2 Å². The van der Waals surface area contributed by atoms with Crippen LogP contribution in [0.5, 0.6) is 0 Å². The molecule has 0 aliphatic carbocycles.